The van der Waals surface area contributed by atoms with Crippen LogP contribution in [0.4, 0.5) is 0 Å². The number of nitrogens with zero attached hydrogens (tertiary/aromatic N) is 1. The third-order valence-electron chi connectivity index (χ3n) is 0.742. The normalized spacial score (nSPS) is 25.4. The fraction of sp³-hybridized carbons (Fsp3) is 0.750. The van der Waals surface area contributed by atoms with Gasteiger partial charge in [0.2, 0.25) is 0 Å². The molecule has 0 N–H and O–H groups in total. The summed E-state index contributed by atoms with van der Waals surface area (Å²) in [5.74, 6) is 0. The lowest BCUT2D eigenvalue weighted by Gasteiger charge is -1.98. The molecule has 0 saturated heterocycles. The van der Waals surface area contributed by atoms with Crippen LogP contribution >= 0.6 is 35.7 Å². The molecule has 1 aliphatic rings. The average Bonchev–Trinajstić information content (AvgIpc) is 2.14. The zero-order chi connectivity index (χ0) is 5.11. The van der Waals surface area contributed by atoms with Gasteiger partial charge in [-0.2, -0.15) is 0 Å². The van der Waals surface area contributed by atoms with E-state index in [1.807, 2.05) is 6.26 Å². The number of hydrogen-bond acceptors (Lipinski definition) is 3. The third-order valence-corrected chi connectivity index (χ3v) is 1.40. The molecule has 0 amide bonds. The largest absolute Gasteiger partial charge is 0.342 e. The first kappa shape index (κ1) is 8.71. The summed E-state index contributed by atoms with van der Waals surface area (Å²) in [5, 5.41) is 0. The monoisotopic (exact) mass is 245 g/mol. The minimum atomic E-state index is 0. The number of hydrogen-bond donors (Lipinski definition) is 0. The Labute approximate surface area is 70.1 Å². The van der Waals surface area contributed by atoms with Crippen molar-refractivity contribution in [1.82, 2.24) is 0 Å². The molecule has 0 bridgehead atoms. The van der Waals surface area contributed by atoms with Gasteiger partial charge in [-0.25, -0.2) is 0 Å². The highest BCUT2D eigenvalue weighted by atomic mass is 127. The van der Waals surface area contributed by atoms with Crippen molar-refractivity contribution < 1.29 is 4.74 Å². The summed E-state index contributed by atoms with van der Waals surface area (Å²) in [5.41, 5.74) is 0.0833. The van der Waals surface area contributed by atoms with Gasteiger partial charge in [0.05, 0.1) is 6.61 Å². The van der Waals surface area contributed by atoms with Crippen molar-refractivity contribution in [2.45, 2.75) is 5.56 Å². The molecule has 0 saturated carbocycles. The zero-order valence-corrected chi connectivity index (χ0v) is 7.68. The molecular weight excluding hydrogens is 237 g/mol. The Kier molecular flexibility index (Phi) is 4.98. The molecule has 1 atom stereocenters. The van der Waals surface area contributed by atoms with Gasteiger partial charge in [-0.15, -0.1) is 35.7 Å². The summed E-state index contributed by atoms with van der Waals surface area (Å²) >= 11 is 1.61. The first-order chi connectivity index (χ1) is 3.43. The molecule has 1 aliphatic heterocycles. The van der Waals surface area contributed by atoms with E-state index in [1.165, 1.54) is 0 Å². The molecular formula is C4H8INOS. The first-order valence-electron chi connectivity index (χ1n) is 2.09. The summed E-state index contributed by atoms with van der Waals surface area (Å²) in [7, 11) is 0. The lowest BCUT2D eigenvalue weighted by Crippen LogP contribution is -1.95. The van der Waals surface area contributed by atoms with Crippen molar-refractivity contribution >= 4 is 42.0 Å². The smallest absolute Gasteiger partial charge is 0.195 e. The summed E-state index contributed by atoms with van der Waals surface area (Å²) in [4.78, 5) is 3.97. The Bertz CT molecular complexity index is 88.1. The highest BCUT2D eigenvalue weighted by molar-refractivity contribution is 14.0. The van der Waals surface area contributed by atoms with Crippen LogP contribution in [-0.2, 0) is 4.74 Å². The maximum absolute atomic E-state index is 5.04. The van der Waals surface area contributed by atoms with Crippen molar-refractivity contribution in [2.75, 3.05) is 12.9 Å². The molecule has 1 heterocycles. The maximum atomic E-state index is 5.04. The minimum Gasteiger partial charge on any atom is -0.342 e. The molecule has 48 valence electrons. The van der Waals surface area contributed by atoms with Crippen LogP contribution in [0.1, 0.15) is 0 Å². The van der Waals surface area contributed by atoms with Crippen LogP contribution in [0.25, 0.3) is 0 Å². The van der Waals surface area contributed by atoms with Gasteiger partial charge in [-0.05, 0) is 6.26 Å². The fourth-order valence-corrected chi connectivity index (χ4v) is 0.849. The Morgan fingerprint density at radius 1 is 1.88 bits per heavy atom. The molecule has 0 aromatic rings. The molecule has 0 aromatic heterocycles. The van der Waals surface area contributed by atoms with Crippen LogP contribution < -0.4 is 0 Å². The minimum absolute atomic E-state index is 0. The number of aliphatic imine (C=N–C) groups is 1. The van der Waals surface area contributed by atoms with Gasteiger partial charge in [-0.1, -0.05) is 0 Å². The quantitative estimate of drug-likeness (QED) is 0.650. The van der Waals surface area contributed by atoms with E-state index in [0.717, 1.165) is 0 Å². The topological polar surface area (TPSA) is 21.6 Å². The summed E-state index contributed by atoms with van der Waals surface area (Å²) in [6, 6.07) is 0. The second-order valence-corrected chi connectivity index (χ2v) is 2.08. The highest BCUT2D eigenvalue weighted by Crippen LogP contribution is 2.11. The Balaban J connectivity index is 0.000000490. The van der Waals surface area contributed by atoms with E-state index in [-0.39, 0.29) is 29.5 Å². The van der Waals surface area contributed by atoms with Gasteiger partial charge < -0.3 is 4.74 Å². The van der Waals surface area contributed by atoms with E-state index in [4.69, 9.17) is 4.74 Å². The van der Waals surface area contributed by atoms with E-state index in [0.29, 0.717) is 6.61 Å². The predicted octanol–water partition coefficient (Wildman–Crippen LogP) is 1.35. The van der Waals surface area contributed by atoms with Crippen LogP contribution in [-0.4, -0.2) is 24.6 Å². The molecule has 4 heteroatoms. The van der Waals surface area contributed by atoms with Crippen LogP contribution in [0.3, 0.4) is 0 Å². The standard InChI is InChI=1S/C4H7NOS.HI/c1-7-4-5-2-3-6-4;/h2,4H,3H2,1H3;1H. The van der Waals surface area contributed by atoms with Gasteiger partial charge in [0.15, 0.2) is 5.56 Å². The Hall–Kier alpha value is 0.710. The van der Waals surface area contributed by atoms with Gasteiger partial charge in [0, 0.05) is 6.21 Å². The molecule has 1 rings (SSSR count). The van der Waals surface area contributed by atoms with Crippen LogP contribution in [0.2, 0.25) is 0 Å². The third kappa shape index (κ3) is 2.32. The second-order valence-electron chi connectivity index (χ2n) is 1.21. The van der Waals surface area contributed by atoms with Crippen LogP contribution in [0, 0.1) is 0 Å². The fourth-order valence-electron chi connectivity index (χ4n) is 0.426. The highest BCUT2D eigenvalue weighted by Gasteiger charge is 2.05. The average molecular weight is 245 g/mol. The van der Waals surface area contributed by atoms with E-state index >= 15 is 0 Å². The van der Waals surface area contributed by atoms with Crippen LogP contribution in [0.15, 0.2) is 4.99 Å². The summed E-state index contributed by atoms with van der Waals surface area (Å²) in [6.07, 6.45) is 3.77. The van der Waals surface area contributed by atoms with Gasteiger partial charge >= 0.3 is 0 Å². The van der Waals surface area contributed by atoms with E-state index in [2.05, 4.69) is 4.99 Å². The van der Waals surface area contributed by atoms with Gasteiger partial charge in [-0.3, -0.25) is 4.99 Å². The molecule has 0 fully saturated rings. The number of thioether (sulfide) groups is 1. The maximum Gasteiger partial charge on any atom is 0.195 e. The molecule has 8 heavy (non-hydrogen) atoms. The molecule has 0 spiro atoms. The summed E-state index contributed by atoms with van der Waals surface area (Å²) in [6.45, 7) is 0.686. The molecule has 0 radical (unpaired) electrons. The molecule has 1 unspecified atom stereocenters. The number of ether oxygens (including phenoxy) is 1. The first-order valence-corrected chi connectivity index (χ1v) is 3.38. The zero-order valence-electron chi connectivity index (χ0n) is 4.53. The second kappa shape index (κ2) is 4.58. The van der Waals surface area contributed by atoms with Gasteiger partial charge in [0.1, 0.15) is 0 Å². The molecule has 0 aliphatic carbocycles. The summed E-state index contributed by atoms with van der Waals surface area (Å²) < 4.78 is 5.04. The lowest BCUT2D eigenvalue weighted by atomic mass is 10.8. The van der Waals surface area contributed by atoms with Gasteiger partial charge in [0.25, 0.3) is 0 Å². The predicted molar refractivity (Wildman–Crippen MR) is 47.2 cm³/mol. The van der Waals surface area contributed by atoms with Crippen molar-refractivity contribution in [3.05, 3.63) is 0 Å². The van der Waals surface area contributed by atoms with E-state index < -0.39 is 0 Å². The Morgan fingerprint density at radius 3 is 2.88 bits per heavy atom. The van der Waals surface area contributed by atoms with Crippen molar-refractivity contribution in [2.24, 2.45) is 4.99 Å². The molecule has 2 nitrogen and oxygen atoms in total. The van der Waals surface area contributed by atoms with E-state index in [9.17, 15) is 0 Å². The Morgan fingerprint density at radius 2 is 2.62 bits per heavy atom. The SMILES string of the molecule is CSC1N=CCO1.I. The number of halogens is 1. The van der Waals surface area contributed by atoms with E-state index in [1.54, 1.807) is 18.0 Å². The number of rotatable bonds is 1. The van der Waals surface area contributed by atoms with Crippen molar-refractivity contribution in [1.29, 1.82) is 0 Å². The van der Waals surface area contributed by atoms with Crippen LogP contribution in [0.5, 0.6) is 0 Å². The van der Waals surface area contributed by atoms with Crippen molar-refractivity contribution in [3.8, 4) is 0 Å². The van der Waals surface area contributed by atoms with Crippen molar-refractivity contribution in [3.63, 3.8) is 0 Å². The molecule has 0 aromatic carbocycles. The lowest BCUT2D eigenvalue weighted by molar-refractivity contribution is 0.177.